The molecule has 0 saturated heterocycles. The Hall–Kier alpha value is -2.22. The lowest BCUT2D eigenvalue weighted by atomic mass is 10.2. The summed E-state index contributed by atoms with van der Waals surface area (Å²) in [6.07, 6.45) is 0. The van der Waals surface area contributed by atoms with Crippen molar-refractivity contribution in [1.82, 2.24) is 20.1 Å². The number of ether oxygens (including phenoxy) is 1. The van der Waals surface area contributed by atoms with Gasteiger partial charge in [-0.1, -0.05) is 47.1 Å². The molecule has 1 aromatic heterocycles. The lowest BCUT2D eigenvalue weighted by molar-refractivity contribution is -0.119. The summed E-state index contributed by atoms with van der Waals surface area (Å²) in [7, 11) is 3.18. The van der Waals surface area contributed by atoms with Crippen LogP contribution in [-0.2, 0) is 4.79 Å². The Labute approximate surface area is 177 Å². The number of nitrogens with zero attached hydrogens (tertiary/aromatic N) is 3. The zero-order chi connectivity index (χ0) is 20.3. The van der Waals surface area contributed by atoms with Crippen LogP contribution in [0.2, 0.25) is 10.0 Å². The maximum atomic E-state index is 12.0. The van der Waals surface area contributed by atoms with Gasteiger partial charge in [-0.3, -0.25) is 9.36 Å². The van der Waals surface area contributed by atoms with Crippen molar-refractivity contribution in [3.8, 4) is 22.8 Å². The van der Waals surface area contributed by atoms with Gasteiger partial charge in [0.15, 0.2) is 11.0 Å². The van der Waals surface area contributed by atoms with E-state index in [9.17, 15) is 4.79 Å². The molecule has 1 N–H and O–H groups in total. The Morgan fingerprint density at radius 2 is 1.93 bits per heavy atom. The molecule has 3 aromatic rings. The zero-order valence-corrected chi connectivity index (χ0v) is 17.8. The lowest BCUT2D eigenvalue weighted by Crippen LogP contribution is -2.27. The third-order valence-electron chi connectivity index (χ3n) is 4.00. The van der Waals surface area contributed by atoms with Crippen molar-refractivity contribution in [2.75, 3.05) is 14.2 Å². The Bertz CT molecular complexity index is 1010. The van der Waals surface area contributed by atoms with E-state index in [0.717, 1.165) is 5.56 Å². The zero-order valence-electron chi connectivity index (χ0n) is 15.4. The molecule has 0 bridgehead atoms. The average molecular weight is 437 g/mol. The molecular weight excluding hydrogens is 419 g/mol. The molecule has 0 aliphatic carbocycles. The second-order valence-corrected chi connectivity index (χ2v) is 8.02. The second-order valence-electron chi connectivity index (χ2n) is 5.84. The van der Waals surface area contributed by atoms with E-state index in [-0.39, 0.29) is 11.2 Å². The third kappa shape index (κ3) is 4.27. The number of thioether (sulfide) groups is 1. The van der Waals surface area contributed by atoms with E-state index in [0.29, 0.717) is 32.5 Å². The highest BCUT2D eigenvalue weighted by Gasteiger charge is 2.23. The normalized spacial score (nSPS) is 11.9. The number of hydrogen-bond donors (Lipinski definition) is 1. The molecule has 0 aliphatic heterocycles. The first-order valence-electron chi connectivity index (χ1n) is 8.38. The topological polar surface area (TPSA) is 69.0 Å². The number of rotatable bonds is 6. The van der Waals surface area contributed by atoms with Gasteiger partial charge in [0, 0.05) is 22.7 Å². The van der Waals surface area contributed by atoms with Crippen LogP contribution in [0.4, 0.5) is 0 Å². The minimum Gasteiger partial charge on any atom is -0.495 e. The molecule has 1 heterocycles. The molecule has 146 valence electrons. The van der Waals surface area contributed by atoms with Crippen LogP contribution in [0.5, 0.6) is 5.75 Å². The summed E-state index contributed by atoms with van der Waals surface area (Å²) in [4.78, 5) is 12.0. The first kappa shape index (κ1) is 20.5. The molecule has 0 aliphatic rings. The van der Waals surface area contributed by atoms with Crippen LogP contribution in [0.3, 0.4) is 0 Å². The van der Waals surface area contributed by atoms with Crippen molar-refractivity contribution in [2.24, 2.45) is 0 Å². The Morgan fingerprint density at radius 3 is 2.61 bits per heavy atom. The number of methoxy groups -OCH3 is 1. The monoisotopic (exact) mass is 436 g/mol. The summed E-state index contributed by atoms with van der Waals surface area (Å²) in [6, 6.07) is 12.6. The van der Waals surface area contributed by atoms with Gasteiger partial charge in [0.05, 0.1) is 18.0 Å². The first-order valence-corrected chi connectivity index (χ1v) is 10.0. The van der Waals surface area contributed by atoms with Crippen LogP contribution in [0.1, 0.15) is 6.92 Å². The van der Waals surface area contributed by atoms with Crippen molar-refractivity contribution >= 4 is 40.9 Å². The Morgan fingerprint density at radius 1 is 1.18 bits per heavy atom. The van der Waals surface area contributed by atoms with E-state index in [4.69, 9.17) is 27.9 Å². The standard InChI is InChI=1S/C19H18Cl2N4O2S/c1-11(18(26)22-2)28-19-24-23-17(12-5-4-6-13(20)9-12)25(19)15-10-14(21)7-8-16(15)27-3/h4-11H,1-3H3,(H,22,26). The lowest BCUT2D eigenvalue weighted by Gasteiger charge is -2.16. The fourth-order valence-corrected chi connectivity index (χ4v) is 3.91. The van der Waals surface area contributed by atoms with Gasteiger partial charge >= 0.3 is 0 Å². The molecule has 1 atom stereocenters. The molecule has 9 heteroatoms. The summed E-state index contributed by atoms with van der Waals surface area (Å²) < 4.78 is 7.34. The molecule has 0 saturated carbocycles. The smallest absolute Gasteiger partial charge is 0.233 e. The van der Waals surface area contributed by atoms with Gasteiger partial charge in [-0.2, -0.15) is 0 Å². The minimum atomic E-state index is -0.370. The minimum absolute atomic E-state index is 0.109. The largest absolute Gasteiger partial charge is 0.495 e. The van der Waals surface area contributed by atoms with Gasteiger partial charge in [-0.05, 0) is 37.3 Å². The van der Waals surface area contributed by atoms with Crippen LogP contribution < -0.4 is 10.1 Å². The summed E-state index contributed by atoms with van der Waals surface area (Å²) in [5, 5.41) is 12.6. The van der Waals surface area contributed by atoms with E-state index < -0.39 is 0 Å². The number of amides is 1. The SMILES string of the molecule is CNC(=O)C(C)Sc1nnc(-c2cccc(Cl)c2)n1-c1cc(Cl)ccc1OC. The third-order valence-corrected chi connectivity index (χ3v) is 5.51. The predicted octanol–water partition coefficient (Wildman–Crippen LogP) is 4.48. The highest BCUT2D eigenvalue weighted by Crippen LogP contribution is 2.35. The van der Waals surface area contributed by atoms with Gasteiger partial charge in [-0.15, -0.1) is 10.2 Å². The van der Waals surface area contributed by atoms with Crippen LogP contribution >= 0.6 is 35.0 Å². The van der Waals surface area contributed by atoms with Crippen molar-refractivity contribution in [3.63, 3.8) is 0 Å². The van der Waals surface area contributed by atoms with E-state index in [1.54, 1.807) is 51.4 Å². The van der Waals surface area contributed by atoms with Crippen molar-refractivity contribution in [2.45, 2.75) is 17.3 Å². The molecule has 0 fully saturated rings. The average Bonchev–Trinajstić information content (AvgIpc) is 3.10. The van der Waals surface area contributed by atoms with Gasteiger partial charge in [0.1, 0.15) is 5.75 Å². The predicted molar refractivity (Wildman–Crippen MR) is 113 cm³/mol. The maximum Gasteiger partial charge on any atom is 0.233 e. The molecule has 1 amide bonds. The van der Waals surface area contributed by atoms with Gasteiger partial charge in [0.25, 0.3) is 0 Å². The van der Waals surface area contributed by atoms with Crippen LogP contribution in [-0.4, -0.2) is 40.1 Å². The molecule has 1 unspecified atom stereocenters. The van der Waals surface area contributed by atoms with Crippen molar-refractivity contribution < 1.29 is 9.53 Å². The molecule has 2 aromatic carbocycles. The molecule has 28 heavy (non-hydrogen) atoms. The first-order chi connectivity index (χ1) is 13.4. The number of carbonyl (C=O) groups is 1. The maximum absolute atomic E-state index is 12.0. The molecule has 0 radical (unpaired) electrons. The Balaban J connectivity index is 2.20. The van der Waals surface area contributed by atoms with E-state index >= 15 is 0 Å². The van der Waals surface area contributed by atoms with E-state index in [1.165, 1.54) is 11.8 Å². The molecular formula is C19H18Cl2N4O2S. The summed E-state index contributed by atoms with van der Waals surface area (Å²) in [6.45, 7) is 1.80. The summed E-state index contributed by atoms with van der Waals surface area (Å²) in [5.74, 6) is 1.05. The number of aromatic nitrogens is 3. The van der Waals surface area contributed by atoms with Crippen molar-refractivity contribution in [1.29, 1.82) is 0 Å². The number of benzene rings is 2. The highest BCUT2D eigenvalue weighted by molar-refractivity contribution is 8.00. The number of hydrogen-bond acceptors (Lipinski definition) is 5. The fourth-order valence-electron chi connectivity index (χ4n) is 2.63. The second kappa shape index (κ2) is 8.86. The van der Waals surface area contributed by atoms with E-state index in [2.05, 4.69) is 15.5 Å². The summed E-state index contributed by atoms with van der Waals surface area (Å²) >= 11 is 13.7. The van der Waals surface area contributed by atoms with Crippen LogP contribution in [0, 0.1) is 0 Å². The summed E-state index contributed by atoms with van der Waals surface area (Å²) in [5.41, 5.74) is 1.45. The van der Waals surface area contributed by atoms with Crippen LogP contribution in [0.15, 0.2) is 47.6 Å². The van der Waals surface area contributed by atoms with Crippen molar-refractivity contribution in [3.05, 3.63) is 52.5 Å². The number of nitrogens with one attached hydrogen (secondary N) is 1. The highest BCUT2D eigenvalue weighted by atomic mass is 35.5. The fraction of sp³-hybridized carbons (Fsp3) is 0.211. The quantitative estimate of drug-likeness (QED) is 0.576. The van der Waals surface area contributed by atoms with Gasteiger partial charge < -0.3 is 10.1 Å². The molecule has 3 rings (SSSR count). The number of halogens is 2. The Kier molecular flexibility index (Phi) is 6.49. The molecule has 0 spiro atoms. The molecule has 6 nitrogen and oxygen atoms in total. The van der Waals surface area contributed by atoms with E-state index in [1.807, 2.05) is 16.7 Å². The van der Waals surface area contributed by atoms with Gasteiger partial charge in [-0.25, -0.2) is 0 Å². The number of carbonyl (C=O) groups excluding carboxylic acids is 1. The van der Waals surface area contributed by atoms with Gasteiger partial charge in [0.2, 0.25) is 5.91 Å². The van der Waals surface area contributed by atoms with Crippen LogP contribution in [0.25, 0.3) is 17.1 Å².